The molecule has 0 aliphatic carbocycles. The van der Waals surface area contributed by atoms with Gasteiger partial charge in [0.25, 0.3) is 5.69 Å². The molecule has 23 heavy (non-hydrogen) atoms. The second-order valence-corrected chi connectivity index (χ2v) is 5.83. The molecule has 1 heterocycles. The number of nitro benzene ring substituents is 1. The fourth-order valence-electron chi connectivity index (χ4n) is 1.97. The van der Waals surface area contributed by atoms with Gasteiger partial charge in [-0.05, 0) is 17.5 Å². The number of aromatic nitrogens is 1. The molecule has 122 valence electrons. The quantitative estimate of drug-likeness (QED) is 0.244. The standard InChI is InChI=1S/C14H14N2O6S/c17-16(18)14-3-1-12(2-4-14)11-13-5-7-15(8-6-13)9-10-22-23(19,20)21/h1-8H,9-11H2. The molecule has 0 bridgehead atoms. The van der Waals surface area contributed by atoms with E-state index < -0.39 is 15.3 Å². The monoisotopic (exact) mass is 338 g/mol. The molecular formula is C14H14N2O6S. The van der Waals surface area contributed by atoms with Gasteiger partial charge in [0.2, 0.25) is 10.4 Å². The van der Waals surface area contributed by atoms with E-state index in [4.69, 9.17) is 0 Å². The first-order valence-corrected chi connectivity index (χ1v) is 7.98. The summed E-state index contributed by atoms with van der Waals surface area (Å²) in [6.45, 7) is 0.0114. The van der Waals surface area contributed by atoms with E-state index in [1.54, 1.807) is 29.1 Å². The van der Waals surface area contributed by atoms with Crippen LogP contribution in [-0.2, 0) is 27.5 Å². The van der Waals surface area contributed by atoms with Crippen LogP contribution >= 0.6 is 0 Å². The molecule has 0 amide bonds. The van der Waals surface area contributed by atoms with Crippen molar-refractivity contribution in [3.8, 4) is 0 Å². The van der Waals surface area contributed by atoms with E-state index in [1.165, 1.54) is 12.1 Å². The van der Waals surface area contributed by atoms with Crippen LogP contribution in [0.5, 0.6) is 0 Å². The van der Waals surface area contributed by atoms with E-state index in [1.807, 2.05) is 12.1 Å². The second kappa shape index (κ2) is 7.27. The van der Waals surface area contributed by atoms with Crippen LogP contribution in [0.25, 0.3) is 0 Å². The number of nitro groups is 1. The van der Waals surface area contributed by atoms with Gasteiger partial charge in [-0.1, -0.05) is 12.1 Å². The number of pyridine rings is 1. The average molecular weight is 338 g/mol. The Morgan fingerprint density at radius 1 is 1.04 bits per heavy atom. The van der Waals surface area contributed by atoms with Gasteiger partial charge >= 0.3 is 0 Å². The van der Waals surface area contributed by atoms with E-state index in [-0.39, 0.29) is 18.8 Å². The number of nitrogens with zero attached hydrogens (tertiary/aromatic N) is 2. The first kappa shape index (κ1) is 17.0. The Balaban J connectivity index is 1.93. The molecule has 0 fully saturated rings. The lowest BCUT2D eigenvalue weighted by Gasteiger charge is -2.05. The molecule has 0 unspecified atom stereocenters. The Morgan fingerprint density at radius 3 is 2.13 bits per heavy atom. The minimum absolute atomic E-state index is 0.0491. The number of rotatable bonds is 7. The van der Waals surface area contributed by atoms with E-state index in [0.29, 0.717) is 6.42 Å². The highest BCUT2D eigenvalue weighted by Gasteiger charge is 2.06. The molecule has 2 aromatic rings. The summed E-state index contributed by atoms with van der Waals surface area (Å²) >= 11 is 0. The van der Waals surface area contributed by atoms with E-state index >= 15 is 0 Å². The Kier molecular flexibility index (Phi) is 5.37. The lowest BCUT2D eigenvalue weighted by molar-refractivity contribution is -0.697. The van der Waals surface area contributed by atoms with E-state index in [9.17, 15) is 23.1 Å². The van der Waals surface area contributed by atoms with E-state index in [2.05, 4.69) is 4.18 Å². The highest BCUT2D eigenvalue weighted by molar-refractivity contribution is 7.80. The number of hydrogen-bond donors (Lipinski definition) is 0. The van der Waals surface area contributed by atoms with Crippen molar-refractivity contribution in [2.75, 3.05) is 6.61 Å². The predicted molar refractivity (Wildman–Crippen MR) is 78.2 cm³/mol. The third-order valence-electron chi connectivity index (χ3n) is 3.09. The van der Waals surface area contributed by atoms with Crippen molar-refractivity contribution in [2.45, 2.75) is 13.0 Å². The second-order valence-electron chi connectivity index (χ2n) is 4.77. The minimum Gasteiger partial charge on any atom is -0.726 e. The van der Waals surface area contributed by atoms with Crippen LogP contribution in [0, 0.1) is 10.1 Å². The van der Waals surface area contributed by atoms with Gasteiger partial charge in [0.05, 0.1) is 4.92 Å². The summed E-state index contributed by atoms with van der Waals surface area (Å²) in [5.41, 5.74) is 1.98. The summed E-state index contributed by atoms with van der Waals surface area (Å²) in [4.78, 5) is 10.1. The maximum Gasteiger partial charge on any atom is 0.269 e. The average Bonchev–Trinajstić information content (AvgIpc) is 2.48. The fourth-order valence-corrected chi connectivity index (χ4v) is 2.25. The molecule has 0 aliphatic heterocycles. The molecule has 8 nitrogen and oxygen atoms in total. The van der Waals surface area contributed by atoms with Crippen LogP contribution in [0.2, 0.25) is 0 Å². The Bertz CT molecular complexity index is 772. The summed E-state index contributed by atoms with van der Waals surface area (Å²) in [5, 5.41) is 10.6. The van der Waals surface area contributed by atoms with Gasteiger partial charge in [-0.25, -0.2) is 13.0 Å². The summed E-state index contributed by atoms with van der Waals surface area (Å²) < 4.78 is 36.8. The molecule has 0 aliphatic rings. The van der Waals surface area contributed by atoms with Crippen molar-refractivity contribution in [1.82, 2.24) is 0 Å². The Labute approximate surface area is 133 Å². The normalized spacial score (nSPS) is 11.3. The summed E-state index contributed by atoms with van der Waals surface area (Å²) in [5.74, 6) is 0. The van der Waals surface area contributed by atoms with Gasteiger partial charge in [-0.15, -0.1) is 0 Å². The smallest absolute Gasteiger partial charge is 0.269 e. The number of benzene rings is 1. The third kappa shape index (κ3) is 5.74. The summed E-state index contributed by atoms with van der Waals surface area (Å²) in [7, 11) is -4.66. The fraction of sp³-hybridized carbons (Fsp3) is 0.214. The van der Waals surface area contributed by atoms with Crippen LogP contribution in [0.1, 0.15) is 11.1 Å². The van der Waals surface area contributed by atoms with Crippen molar-refractivity contribution in [3.63, 3.8) is 0 Å². The van der Waals surface area contributed by atoms with Gasteiger partial charge in [0.15, 0.2) is 18.9 Å². The van der Waals surface area contributed by atoms with Gasteiger partial charge in [0, 0.05) is 24.3 Å². The van der Waals surface area contributed by atoms with Crippen molar-refractivity contribution in [3.05, 3.63) is 70.0 Å². The maximum atomic E-state index is 10.6. The number of hydrogen-bond acceptors (Lipinski definition) is 6. The Morgan fingerprint density at radius 2 is 1.61 bits per heavy atom. The van der Waals surface area contributed by atoms with Crippen molar-refractivity contribution >= 4 is 16.1 Å². The third-order valence-corrected chi connectivity index (χ3v) is 3.55. The van der Waals surface area contributed by atoms with Crippen LogP contribution in [0.4, 0.5) is 5.69 Å². The molecule has 2 rings (SSSR count). The summed E-state index contributed by atoms with van der Waals surface area (Å²) in [6.07, 6.45) is 4.09. The predicted octanol–water partition coefficient (Wildman–Crippen LogP) is 0.950. The molecular weight excluding hydrogens is 324 g/mol. The molecule has 0 atom stereocenters. The highest BCUT2D eigenvalue weighted by atomic mass is 32.3. The van der Waals surface area contributed by atoms with Crippen LogP contribution in [-0.4, -0.2) is 24.5 Å². The lowest BCUT2D eigenvalue weighted by Crippen LogP contribution is -2.35. The molecule has 0 saturated heterocycles. The van der Waals surface area contributed by atoms with Crippen LogP contribution < -0.4 is 4.57 Å². The van der Waals surface area contributed by atoms with E-state index in [0.717, 1.165) is 11.1 Å². The first-order chi connectivity index (χ1) is 10.8. The zero-order valence-electron chi connectivity index (χ0n) is 12.0. The lowest BCUT2D eigenvalue weighted by atomic mass is 10.1. The molecule has 0 radical (unpaired) electrons. The Hall–Kier alpha value is -2.36. The first-order valence-electron chi connectivity index (χ1n) is 6.65. The topological polar surface area (TPSA) is 113 Å². The molecule has 0 N–H and O–H groups in total. The highest BCUT2D eigenvalue weighted by Crippen LogP contribution is 2.14. The molecule has 0 spiro atoms. The largest absolute Gasteiger partial charge is 0.726 e. The minimum atomic E-state index is -4.66. The van der Waals surface area contributed by atoms with Gasteiger partial charge < -0.3 is 4.55 Å². The van der Waals surface area contributed by atoms with Gasteiger partial charge in [-0.2, -0.15) is 0 Å². The zero-order valence-corrected chi connectivity index (χ0v) is 12.8. The van der Waals surface area contributed by atoms with Gasteiger partial charge in [0.1, 0.15) is 6.61 Å². The van der Waals surface area contributed by atoms with Gasteiger partial charge in [-0.3, -0.25) is 14.3 Å². The molecule has 9 heteroatoms. The number of non-ortho nitro benzene ring substituents is 1. The molecule has 1 aromatic heterocycles. The van der Waals surface area contributed by atoms with Crippen molar-refractivity contribution in [1.29, 1.82) is 0 Å². The molecule has 0 saturated carbocycles. The van der Waals surface area contributed by atoms with Crippen molar-refractivity contribution in [2.24, 2.45) is 0 Å². The van der Waals surface area contributed by atoms with Crippen molar-refractivity contribution < 1.29 is 26.6 Å². The zero-order chi connectivity index (χ0) is 16.9. The SMILES string of the molecule is O=[N+]([O-])c1ccc(Cc2cc[n+](CCOS(=O)(=O)[O-])cc2)cc1. The van der Waals surface area contributed by atoms with Crippen LogP contribution in [0.15, 0.2) is 48.8 Å². The maximum absolute atomic E-state index is 10.6. The van der Waals surface area contributed by atoms with Crippen LogP contribution in [0.3, 0.4) is 0 Å². The summed E-state index contributed by atoms with van der Waals surface area (Å²) in [6, 6.07) is 10.00. The molecule has 1 aromatic carbocycles.